The normalized spacial score (nSPS) is 13.8. The summed E-state index contributed by atoms with van der Waals surface area (Å²) in [5.41, 5.74) is 5.43. The number of hydrogen-bond acceptors (Lipinski definition) is 0. The zero-order valence-corrected chi connectivity index (χ0v) is 9.62. The zero-order chi connectivity index (χ0) is 11.1. The fourth-order valence-corrected chi connectivity index (χ4v) is 2.42. The molecule has 0 fully saturated rings. The van der Waals surface area contributed by atoms with Crippen LogP contribution in [0.5, 0.6) is 0 Å². The fourth-order valence-electron chi connectivity index (χ4n) is 2.42. The Kier molecular flexibility index (Phi) is 1.97. The second-order valence-electron chi connectivity index (χ2n) is 4.28. The molecule has 0 spiro atoms. The summed E-state index contributed by atoms with van der Waals surface area (Å²) in [6.07, 6.45) is 6.62. The topological polar surface area (TPSA) is 0 Å². The average molecular weight is 206 g/mol. The van der Waals surface area contributed by atoms with Crippen LogP contribution in [-0.4, -0.2) is 0 Å². The number of rotatable bonds is 1. The Morgan fingerprint density at radius 2 is 1.94 bits per heavy atom. The Labute approximate surface area is 95.9 Å². The molecule has 0 heteroatoms. The van der Waals surface area contributed by atoms with Gasteiger partial charge in [0.25, 0.3) is 0 Å². The highest BCUT2D eigenvalue weighted by atomic mass is 14.2. The van der Waals surface area contributed by atoms with Crippen LogP contribution in [-0.2, 0) is 0 Å². The lowest BCUT2D eigenvalue weighted by Gasteiger charge is -2.08. The summed E-state index contributed by atoms with van der Waals surface area (Å²) in [4.78, 5) is 0. The van der Waals surface area contributed by atoms with Gasteiger partial charge in [-0.3, -0.25) is 0 Å². The van der Waals surface area contributed by atoms with E-state index in [1.54, 1.807) is 0 Å². The van der Waals surface area contributed by atoms with Crippen molar-refractivity contribution < 1.29 is 0 Å². The first-order valence-electron chi connectivity index (χ1n) is 5.68. The summed E-state index contributed by atoms with van der Waals surface area (Å²) in [7, 11) is 0. The quantitative estimate of drug-likeness (QED) is 0.539. The lowest BCUT2D eigenvalue weighted by Crippen LogP contribution is -1.86. The van der Waals surface area contributed by atoms with Crippen LogP contribution in [0.15, 0.2) is 36.4 Å². The Balaban J connectivity index is 2.43. The molecule has 0 radical (unpaired) electrons. The van der Waals surface area contributed by atoms with Crippen molar-refractivity contribution in [1.82, 2.24) is 0 Å². The van der Waals surface area contributed by atoms with Crippen molar-refractivity contribution in [1.29, 1.82) is 0 Å². The van der Waals surface area contributed by atoms with E-state index in [1.807, 2.05) is 0 Å². The standard InChI is InChI=1S/C16H14/c1-3-11(2)14-9-7-12-5-4-6-13-8-10-15(14)16(12)13/h3-10H,1-2H3. The van der Waals surface area contributed by atoms with E-state index in [2.05, 4.69) is 62.4 Å². The van der Waals surface area contributed by atoms with Gasteiger partial charge in [0.05, 0.1) is 0 Å². The van der Waals surface area contributed by atoms with E-state index in [-0.39, 0.29) is 0 Å². The largest absolute Gasteiger partial charge is 0.0841 e. The van der Waals surface area contributed by atoms with Crippen LogP contribution < -0.4 is 0 Å². The molecule has 0 unspecified atom stereocenters. The van der Waals surface area contributed by atoms with Gasteiger partial charge in [-0.15, -0.1) is 0 Å². The molecule has 2 aromatic carbocycles. The van der Waals surface area contributed by atoms with Gasteiger partial charge in [0.2, 0.25) is 0 Å². The average Bonchev–Trinajstić information content (AvgIpc) is 2.75. The third-order valence-electron chi connectivity index (χ3n) is 3.41. The van der Waals surface area contributed by atoms with E-state index >= 15 is 0 Å². The first-order valence-corrected chi connectivity index (χ1v) is 5.68. The number of hydrogen-bond donors (Lipinski definition) is 0. The van der Waals surface area contributed by atoms with E-state index in [0.29, 0.717) is 0 Å². The van der Waals surface area contributed by atoms with Crippen LogP contribution in [0.25, 0.3) is 28.5 Å². The van der Waals surface area contributed by atoms with Gasteiger partial charge >= 0.3 is 0 Å². The van der Waals surface area contributed by atoms with Gasteiger partial charge < -0.3 is 0 Å². The lowest BCUT2D eigenvalue weighted by molar-refractivity contribution is 1.55. The summed E-state index contributed by atoms with van der Waals surface area (Å²) in [6.45, 7) is 4.27. The summed E-state index contributed by atoms with van der Waals surface area (Å²) >= 11 is 0. The SMILES string of the molecule is CC=C(C)c1ccc2cccc3c2c1C=C3. The summed E-state index contributed by atoms with van der Waals surface area (Å²) < 4.78 is 0. The first kappa shape index (κ1) is 9.41. The number of allylic oxidation sites excluding steroid dienone is 2. The van der Waals surface area contributed by atoms with Crippen molar-refractivity contribution in [3.8, 4) is 0 Å². The molecule has 1 aliphatic carbocycles. The minimum Gasteiger partial charge on any atom is -0.0841 e. The van der Waals surface area contributed by atoms with Crippen molar-refractivity contribution in [2.24, 2.45) is 0 Å². The lowest BCUT2D eigenvalue weighted by atomic mass is 9.96. The molecule has 0 saturated carbocycles. The highest BCUT2D eigenvalue weighted by Gasteiger charge is 2.12. The highest BCUT2D eigenvalue weighted by molar-refractivity contribution is 6.07. The van der Waals surface area contributed by atoms with Crippen LogP contribution >= 0.6 is 0 Å². The van der Waals surface area contributed by atoms with Gasteiger partial charge in [0.1, 0.15) is 0 Å². The smallest absolute Gasteiger partial charge is 0.00327 e. The molecule has 16 heavy (non-hydrogen) atoms. The van der Waals surface area contributed by atoms with E-state index in [4.69, 9.17) is 0 Å². The third kappa shape index (κ3) is 1.16. The van der Waals surface area contributed by atoms with Gasteiger partial charge in [0.15, 0.2) is 0 Å². The van der Waals surface area contributed by atoms with Crippen LogP contribution in [0.2, 0.25) is 0 Å². The van der Waals surface area contributed by atoms with E-state index in [0.717, 1.165) is 0 Å². The molecule has 0 saturated heterocycles. The Morgan fingerprint density at radius 1 is 1.06 bits per heavy atom. The molecule has 0 N–H and O–H groups in total. The second kappa shape index (κ2) is 3.34. The van der Waals surface area contributed by atoms with E-state index in [1.165, 1.54) is 33.0 Å². The van der Waals surface area contributed by atoms with Crippen LogP contribution in [0.3, 0.4) is 0 Å². The van der Waals surface area contributed by atoms with E-state index in [9.17, 15) is 0 Å². The molecule has 0 heterocycles. The molecule has 0 aromatic heterocycles. The predicted octanol–water partition coefficient (Wildman–Crippen LogP) is 4.75. The van der Waals surface area contributed by atoms with Gasteiger partial charge in [-0.1, -0.05) is 48.6 Å². The maximum atomic E-state index is 2.24. The summed E-state index contributed by atoms with van der Waals surface area (Å²) in [5, 5.41) is 2.74. The van der Waals surface area contributed by atoms with Crippen molar-refractivity contribution in [2.75, 3.05) is 0 Å². The van der Waals surface area contributed by atoms with Crippen LogP contribution in [0, 0.1) is 0 Å². The van der Waals surface area contributed by atoms with Crippen LogP contribution in [0.1, 0.15) is 30.5 Å². The van der Waals surface area contributed by atoms with Crippen molar-refractivity contribution in [3.05, 3.63) is 53.1 Å². The molecule has 0 atom stereocenters. The van der Waals surface area contributed by atoms with Crippen LogP contribution in [0.4, 0.5) is 0 Å². The molecule has 3 rings (SSSR count). The molecular weight excluding hydrogens is 192 g/mol. The summed E-state index contributed by atoms with van der Waals surface area (Å²) in [5.74, 6) is 0. The second-order valence-corrected chi connectivity index (χ2v) is 4.28. The molecule has 78 valence electrons. The minimum absolute atomic E-state index is 1.34. The van der Waals surface area contributed by atoms with Gasteiger partial charge in [-0.25, -0.2) is 0 Å². The van der Waals surface area contributed by atoms with Gasteiger partial charge in [-0.05, 0) is 46.9 Å². The number of benzene rings is 2. The minimum atomic E-state index is 1.34. The third-order valence-corrected chi connectivity index (χ3v) is 3.41. The van der Waals surface area contributed by atoms with Crippen molar-refractivity contribution in [3.63, 3.8) is 0 Å². The Bertz CT molecular complexity index is 628. The van der Waals surface area contributed by atoms with Crippen molar-refractivity contribution in [2.45, 2.75) is 13.8 Å². The summed E-state index contributed by atoms with van der Waals surface area (Å²) in [6, 6.07) is 10.9. The molecule has 2 aromatic rings. The fraction of sp³-hybridized carbons (Fsp3) is 0.125. The predicted molar refractivity (Wildman–Crippen MR) is 72.2 cm³/mol. The van der Waals surface area contributed by atoms with Crippen molar-refractivity contribution >= 4 is 28.5 Å². The maximum absolute atomic E-state index is 2.24. The molecule has 0 bridgehead atoms. The zero-order valence-electron chi connectivity index (χ0n) is 9.62. The molecule has 0 amide bonds. The van der Waals surface area contributed by atoms with E-state index < -0.39 is 0 Å². The van der Waals surface area contributed by atoms with Gasteiger partial charge in [-0.2, -0.15) is 0 Å². The Morgan fingerprint density at radius 3 is 2.75 bits per heavy atom. The molecule has 0 nitrogen and oxygen atoms in total. The molecular formula is C16H14. The first-order chi connectivity index (χ1) is 7.81. The monoisotopic (exact) mass is 206 g/mol. The van der Waals surface area contributed by atoms with Gasteiger partial charge in [0, 0.05) is 0 Å². The Hall–Kier alpha value is -1.82. The maximum Gasteiger partial charge on any atom is -0.00327 e. The molecule has 0 aliphatic heterocycles. The molecule has 1 aliphatic rings. The highest BCUT2D eigenvalue weighted by Crippen LogP contribution is 2.35.